The van der Waals surface area contributed by atoms with Gasteiger partial charge in [0.2, 0.25) is 11.8 Å². The molecule has 4 N–H and O–H groups in total. The molecule has 9 atom stereocenters. The number of rotatable bonds is 61. The number of carbonyl (C=O) groups is 6. The van der Waals surface area contributed by atoms with Crippen molar-refractivity contribution in [3.8, 4) is 0 Å². The molecule has 546 valence electrons. The molecule has 0 aliphatic carbocycles. The van der Waals surface area contributed by atoms with E-state index in [0.717, 1.165) is 128 Å². The van der Waals surface area contributed by atoms with Crippen molar-refractivity contribution >= 4 is 44.0 Å². The van der Waals surface area contributed by atoms with E-state index in [9.17, 15) is 39.0 Å². The van der Waals surface area contributed by atoms with Crippen LogP contribution in [0.4, 0.5) is 0 Å². The molecule has 1 fully saturated rings. The van der Waals surface area contributed by atoms with Crippen molar-refractivity contribution in [1.82, 2.24) is 10.6 Å². The topological polar surface area (TPSA) is 232 Å². The van der Waals surface area contributed by atoms with Crippen LogP contribution in [0.2, 0.25) is 18.1 Å². The van der Waals surface area contributed by atoms with Crippen molar-refractivity contribution in [2.24, 2.45) is 0 Å². The molecule has 0 bridgehead atoms. The smallest absolute Gasteiger partial charge is 0.310 e. The van der Waals surface area contributed by atoms with Crippen molar-refractivity contribution < 1.29 is 71.8 Å². The van der Waals surface area contributed by atoms with E-state index in [0.29, 0.717) is 38.5 Å². The fraction of sp³-hybridized carbons (Fsp3) is 0.920. The first kappa shape index (κ1) is 87.8. The summed E-state index contributed by atoms with van der Waals surface area (Å²) in [6.45, 7) is 22.2. The summed E-state index contributed by atoms with van der Waals surface area (Å²) >= 11 is 0. The number of esters is 4. The summed E-state index contributed by atoms with van der Waals surface area (Å²) in [5.74, 6) is -2.91. The maximum absolute atomic E-state index is 14.7. The Labute approximate surface area is 568 Å². The van der Waals surface area contributed by atoms with Crippen LogP contribution in [0.25, 0.3) is 0 Å². The number of ether oxygens (including phenoxy) is 6. The summed E-state index contributed by atoms with van der Waals surface area (Å²) < 4.78 is 44.3. The number of hydrogen-bond acceptors (Lipinski definition) is 15. The van der Waals surface area contributed by atoms with Crippen LogP contribution in [0.15, 0.2) is 0 Å². The number of amides is 2. The van der Waals surface area contributed by atoms with Crippen LogP contribution in [-0.2, 0) is 61.6 Å². The number of aliphatic hydroxyl groups excluding tert-OH is 2. The second kappa shape index (κ2) is 55.8. The zero-order valence-electron chi connectivity index (χ0n) is 61.3. The van der Waals surface area contributed by atoms with E-state index in [1.807, 2.05) is 0 Å². The van der Waals surface area contributed by atoms with Gasteiger partial charge in [0.25, 0.3) is 0 Å². The molecule has 93 heavy (non-hydrogen) atoms. The highest BCUT2D eigenvalue weighted by Gasteiger charge is 2.50. The van der Waals surface area contributed by atoms with E-state index in [1.165, 1.54) is 83.5 Å². The summed E-state index contributed by atoms with van der Waals surface area (Å²) in [6, 6.07) is -2.40. The third-order valence-corrected chi connectivity index (χ3v) is 23.2. The van der Waals surface area contributed by atoms with Gasteiger partial charge in [-0.1, -0.05) is 255 Å². The highest BCUT2D eigenvalue weighted by atomic mass is 28.4. The Morgan fingerprint density at radius 2 is 0.817 bits per heavy atom. The largest absolute Gasteiger partial charge is 0.462 e. The average Bonchev–Trinajstić information content (AvgIpc) is 0.814. The first-order chi connectivity index (χ1) is 44.7. The molecule has 2 amide bonds. The monoisotopic (exact) mass is 1340 g/mol. The van der Waals surface area contributed by atoms with Crippen LogP contribution in [0.3, 0.4) is 0 Å². The Bertz CT molecular complexity index is 1900. The predicted molar refractivity (Wildman–Crippen MR) is 376 cm³/mol. The summed E-state index contributed by atoms with van der Waals surface area (Å²) in [5, 5.41) is 29.1. The molecule has 0 radical (unpaired) electrons. The highest BCUT2D eigenvalue weighted by molar-refractivity contribution is 6.74. The lowest BCUT2D eigenvalue weighted by molar-refractivity contribution is -0.274. The second-order valence-corrected chi connectivity index (χ2v) is 33.4. The van der Waals surface area contributed by atoms with Crippen LogP contribution in [-0.4, -0.2) is 129 Å². The molecule has 0 aromatic rings. The summed E-state index contributed by atoms with van der Waals surface area (Å²) in [5.41, 5.74) is 0. The van der Waals surface area contributed by atoms with Gasteiger partial charge in [-0.3, -0.25) is 28.8 Å². The van der Waals surface area contributed by atoms with Crippen molar-refractivity contribution in [3.63, 3.8) is 0 Å². The molecule has 1 saturated heterocycles. The van der Waals surface area contributed by atoms with Gasteiger partial charge in [0.05, 0.1) is 45.1 Å². The van der Waals surface area contributed by atoms with E-state index < -0.39 is 93.7 Å². The average molecular weight is 1340 g/mol. The zero-order chi connectivity index (χ0) is 69.0. The minimum atomic E-state index is -2.51. The van der Waals surface area contributed by atoms with E-state index in [2.05, 4.69) is 86.0 Å². The quantitative estimate of drug-likeness (QED) is 0.0192. The molecule has 0 spiro atoms. The molecule has 0 aromatic carbocycles. The minimum absolute atomic E-state index is 0.125. The van der Waals surface area contributed by atoms with Gasteiger partial charge in [0, 0.05) is 19.3 Å². The molecular weight excluding hydrogens is 1200 g/mol. The molecule has 17 nitrogen and oxygen atoms in total. The van der Waals surface area contributed by atoms with E-state index in [4.69, 9.17) is 32.8 Å². The predicted octanol–water partition coefficient (Wildman–Crippen LogP) is 17.4. The SMILES string of the molecule is CCCCCCCCCCC[C@H](CC(=O)N[C@H](CO)CO[C@@H]1O[C@H](CO[Si](C)(C)C(C)(C)C)[C@@H](O)[C@H](OC(=O)C[C@@H](CCCCCCCCCCC)OC(=O)CCCCC)[C@H]1NC(=O)C[C@@H](CCCCCCCCCCC)OC(=O)CCCCC)OC(=O)CCCCC. The fourth-order valence-electron chi connectivity index (χ4n) is 11.6. The molecule has 1 heterocycles. The Balaban J connectivity index is 3.80. The van der Waals surface area contributed by atoms with Gasteiger partial charge in [0.1, 0.15) is 36.6 Å². The molecule has 1 rings (SSSR count). The lowest BCUT2D eigenvalue weighted by atomic mass is 9.96. The van der Waals surface area contributed by atoms with Crippen LogP contribution in [0.5, 0.6) is 0 Å². The van der Waals surface area contributed by atoms with Crippen molar-refractivity contribution in [3.05, 3.63) is 0 Å². The molecule has 1 aliphatic rings. The van der Waals surface area contributed by atoms with Crippen molar-refractivity contribution in [1.29, 1.82) is 0 Å². The van der Waals surface area contributed by atoms with Crippen LogP contribution in [0, 0.1) is 0 Å². The normalized spacial score (nSPS) is 18.1. The Morgan fingerprint density at radius 1 is 0.473 bits per heavy atom. The van der Waals surface area contributed by atoms with Gasteiger partial charge in [-0.2, -0.15) is 0 Å². The van der Waals surface area contributed by atoms with Gasteiger partial charge in [-0.25, -0.2) is 0 Å². The fourth-order valence-corrected chi connectivity index (χ4v) is 12.6. The zero-order valence-corrected chi connectivity index (χ0v) is 62.3. The Kier molecular flexibility index (Phi) is 52.7. The lowest BCUT2D eigenvalue weighted by Gasteiger charge is -2.46. The van der Waals surface area contributed by atoms with Gasteiger partial charge >= 0.3 is 23.9 Å². The third-order valence-electron chi connectivity index (χ3n) is 18.7. The van der Waals surface area contributed by atoms with Gasteiger partial charge < -0.3 is 53.7 Å². The van der Waals surface area contributed by atoms with Gasteiger partial charge in [0.15, 0.2) is 20.7 Å². The van der Waals surface area contributed by atoms with Crippen LogP contribution < -0.4 is 10.6 Å². The highest BCUT2D eigenvalue weighted by Crippen LogP contribution is 2.38. The van der Waals surface area contributed by atoms with Crippen LogP contribution in [0.1, 0.15) is 351 Å². The number of hydrogen-bond donors (Lipinski definition) is 4. The Morgan fingerprint density at radius 3 is 1.18 bits per heavy atom. The van der Waals surface area contributed by atoms with Crippen LogP contribution >= 0.6 is 0 Å². The lowest BCUT2D eigenvalue weighted by Crippen LogP contribution is -2.66. The van der Waals surface area contributed by atoms with E-state index in [1.54, 1.807) is 0 Å². The molecule has 1 aliphatic heterocycles. The second-order valence-electron chi connectivity index (χ2n) is 28.6. The first-order valence-corrected chi connectivity index (χ1v) is 41.2. The van der Waals surface area contributed by atoms with E-state index >= 15 is 0 Å². The number of aliphatic hydroxyl groups is 2. The summed E-state index contributed by atoms with van der Waals surface area (Å²) in [7, 11) is -2.51. The summed E-state index contributed by atoms with van der Waals surface area (Å²) in [6.07, 6.45) is 30.6. The van der Waals surface area contributed by atoms with Crippen molar-refractivity contribution in [2.75, 3.05) is 19.8 Å². The number of unbranched alkanes of at least 4 members (excludes halogenated alkanes) is 30. The third kappa shape index (κ3) is 44.4. The standard InChI is InChI=1S/C75H142N2O15Si/c1-12-18-24-27-30-33-36-39-45-48-61(88-67(81)51-42-21-15-4)54-65(79)76-60(57-78)58-86-74-71(77-66(80)55-62(89-68(82)52-43-22-16-5)49-46-40-37-34-31-28-25-19-13-2)73(72(85)64(91-74)59-87-93(10,11)75(7,8)9)92-70(84)56-63(90-69(83)53-44-23-17-6)50-47-41-38-35-32-29-26-20-14-3/h60-64,71-74,78,85H,12-59H2,1-11H3,(H,76,79)(H,77,80)/t60-,61-,62-,63-,64-,71-,72-,73-,74-/m1/s1. The summed E-state index contributed by atoms with van der Waals surface area (Å²) in [4.78, 5) is 83.1. The minimum Gasteiger partial charge on any atom is -0.462 e. The Hall–Kier alpha value is -3.16. The van der Waals surface area contributed by atoms with Crippen molar-refractivity contribution in [2.45, 2.75) is 424 Å². The maximum atomic E-state index is 14.7. The van der Waals surface area contributed by atoms with E-state index in [-0.39, 0.29) is 68.7 Å². The molecule has 0 unspecified atom stereocenters. The first-order valence-electron chi connectivity index (χ1n) is 38.2. The molecule has 0 saturated carbocycles. The number of nitrogens with one attached hydrogen (secondary N) is 2. The molecule has 0 aromatic heterocycles. The van der Waals surface area contributed by atoms with Gasteiger partial charge in [-0.05, 0) is 75.9 Å². The maximum Gasteiger partial charge on any atom is 0.310 e. The van der Waals surface area contributed by atoms with Gasteiger partial charge in [-0.15, -0.1) is 0 Å². The number of carbonyl (C=O) groups excluding carboxylic acids is 6. The molecular formula is C75H142N2O15Si. The molecule has 18 heteroatoms.